The SMILES string of the molecule is O=C1c2ccccc2O[C@@H]2CC[C@H](c3ccccc3)N12. The van der Waals surface area contributed by atoms with Gasteiger partial charge in [-0.1, -0.05) is 42.5 Å². The van der Waals surface area contributed by atoms with E-state index in [9.17, 15) is 4.79 Å². The number of carbonyl (C=O) groups excluding carboxylic acids is 1. The average molecular weight is 265 g/mol. The van der Waals surface area contributed by atoms with Crippen molar-refractivity contribution in [3.63, 3.8) is 0 Å². The van der Waals surface area contributed by atoms with Crippen molar-refractivity contribution in [3.8, 4) is 5.75 Å². The van der Waals surface area contributed by atoms with Crippen LogP contribution in [0.3, 0.4) is 0 Å². The third kappa shape index (κ3) is 1.63. The normalized spacial score (nSPS) is 24.0. The Hall–Kier alpha value is -2.29. The van der Waals surface area contributed by atoms with Gasteiger partial charge in [-0.05, 0) is 24.1 Å². The standard InChI is InChI=1S/C17H15NO2/c19-17-13-8-4-5-9-15(13)20-16-11-10-14(18(16)17)12-6-2-1-3-7-12/h1-9,14,16H,10-11H2/t14-,16-/m1/s1. The molecule has 0 N–H and O–H groups in total. The second kappa shape index (κ2) is 4.37. The Morgan fingerprint density at radius 1 is 0.950 bits per heavy atom. The van der Waals surface area contributed by atoms with Gasteiger partial charge in [0.15, 0.2) is 6.23 Å². The summed E-state index contributed by atoms with van der Waals surface area (Å²) in [5, 5.41) is 0. The molecule has 4 rings (SSSR count). The highest BCUT2D eigenvalue weighted by molar-refractivity contribution is 5.98. The monoisotopic (exact) mass is 265 g/mol. The molecule has 0 radical (unpaired) electrons. The van der Waals surface area contributed by atoms with Gasteiger partial charge >= 0.3 is 0 Å². The molecule has 2 aromatic rings. The van der Waals surface area contributed by atoms with Crippen LogP contribution in [-0.4, -0.2) is 17.0 Å². The number of para-hydroxylation sites is 1. The van der Waals surface area contributed by atoms with Gasteiger partial charge in [-0.3, -0.25) is 9.69 Å². The molecule has 0 aromatic heterocycles. The molecule has 2 aliphatic heterocycles. The van der Waals surface area contributed by atoms with Crippen LogP contribution in [0.4, 0.5) is 0 Å². The summed E-state index contributed by atoms with van der Waals surface area (Å²) >= 11 is 0. The lowest BCUT2D eigenvalue weighted by molar-refractivity contribution is 0.0170. The van der Waals surface area contributed by atoms with Gasteiger partial charge in [0.1, 0.15) is 5.75 Å². The number of hydrogen-bond acceptors (Lipinski definition) is 2. The quantitative estimate of drug-likeness (QED) is 0.791. The van der Waals surface area contributed by atoms with E-state index in [1.165, 1.54) is 5.56 Å². The first kappa shape index (κ1) is 11.5. The molecule has 0 saturated carbocycles. The number of hydrogen-bond donors (Lipinski definition) is 0. The largest absolute Gasteiger partial charge is 0.470 e. The van der Waals surface area contributed by atoms with Crippen LogP contribution < -0.4 is 4.74 Å². The average Bonchev–Trinajstić information content (AvgIpc) is 2.92. The van der Waals surface area contributed by atoms with E-state index in [0.29, 0.717) is 11.3 Å². The van der Waals surface area contributed by atoms with Crippen LogP contribution in [0.5, 0.6) is 5.75 Å². The first-order chi connectivity index (χ1) is 9.84. The Morgan fingerprint density at radius 2 is 1.70 bits per heavy atom. The molecular formula is C17H15NO2. The Labute approximate surface area is 117 Å². The molecule has 0 unspecified atom stereocenters. The van der Waals surface area contributed by atoms with Crippen molar-refractivity contribution in [2.24, 2.45) is 0 Å². The van der Waals surface area contributed by atoms with Gasteiger partial charge in [-0.25, -0.2) is 0 Å². The van der Waals surface area contributed by atoms with Crippen LogP contribution in [0, 0.1) is 0 Å². The summed E-state index contributed by atoms with van der Waals surface area (Å²) in [5.41, 5.74) is 1.86. The van der Waals surface area contributed by atoms with Gasteiger partial charge in [0, 0.05) is 6.42 Å². The molecule has 3 nitrogen and oxygen atoms in total. The van der Waals surface area contributed by atoms with Gasteiger partial charge in [0.25, 0.3) is 5.91 Å². The fraction of sp³-hybridized carbons (Fsp3) is 0.235. The van der Waals surface area contributed by atoms with Crippen molar-refractivity contribution in [2.45, 2.75) is 25.1 Å². The maximum absolute atomic E-state index is 12.7. The first-order valence-electron chi connectivity index (χ1n) is 6.98. The number of amides is 1. The van der Waals surface area contributed by atoms with Crippen molar-refractivity contribution in [3.05, 3.63) is 65.7 Å². The number of carbonyl (C=O) groups is 1. The molecule has 20 heavy (non-hydrogen) atoms. The molecule has 2 heterocycles. The third-order valence-electron chi connectivity index (χ3n) is 4.13. The molecule has 3 heteroatoms. The van der Waals surface area contributed by atoms with Crippen LogP contribution in [0.1, 0.15) is 34.8 Å². The van der Waals surface area contributed by atoms with E-state index >= 15 is 0 Å². The van der Waals surface area contributed by atoms with Gasteiger partial charge in [-0.2, -0.15) is 0 Å². The van der Waals surface area contributed by atoms with Gasteiger partial charge in [0.2, 0.25) is 0 Å². The number of nitrogens with zero attached hydrogens (tertiary/aromatic N) is 1. The molecule has 2 aliphatic rings. The van der Waals surface area contributed by atoms with Crippen molar-refractivity contribution in [1.82, 2.24) is 4.90 Å². The number of fused-ring (bicyclic) bond motifs is 2. The highest BCUT2D eigenvalue weighted by atomic mass is 16.5. The zero-order chi connectivity index (χ0) is 13.5. The van der Waals surface area contributed by atoms with Crippen LogP contribution in [-0.2, 0) is 0 Å². The minimum Gasteiger partial charge on any atom is -0.470 e. The maximum atomic E-state index is 12.7. The minimum absolute atomic E-state index is 0.0863. The van der Waals surface area contributed by atoms with Crippen LogP contribution in [0.25, 0.3) is 0 Å². The molecule has 0 spiro atoms. The van der Waals surface area contributed by atoms with Gasteiger partial charge in [0.05, 0.1) is 11.6 Å². The number of ether oxygens (including phenoxy) is 1. The maximum Gasteiger partial charge on any atom is 0.260 e. The van der Waals surface area contributed by atoms with Crippen molar-refractivity contribution in [1.29, 1.82) is 0 Å². The van der Waals surface area contributed by atoms with Crippen LogP contribution >= 0.6 is 0 Å². The van der Waals surface area contributed by atoms with Crippen LogP contribution in [0.15, 0.2) is 54.6 Å². The Balaban J connectivity index is 1.75. The van der Waals surface area contributed by atoms with E-state index in [2.05, 4.69) is 12.1 Å². The topological polar surface area (TPSA) is 29.5 Å². The summed E-state index contributed by atoms with van der Waals surface area (Å²) in [6, 6.07) is 17.8. The molecule has 1 saturated heterocycles. The fourth-order valence-electron chi connectivity index (χ4n) is 3.20. The molecule has 100 valence electrons. The van der Waals surface area contributed by atoms with Crippen molar-refractivity contribution >= 4 is 5.91 Å². The van der Waals surface area contributed by atoms with Crippen LogP contribution in [0.2, 0.25) is 0 Å². The van der Waals surface area contributed by atoms with Crippen molar-refractivity contribution in [2.75, 3.05) is 0 Å². The summed E-state index contributed by atoms with van der Waals surface area (Å²) in [6.07, 6.45) is 1.72. The zero-order valence-corrected chi connectivity index (χ0v) is 11.0. The third-order valence-corrected chi connectivity index (χ3v) is 4.13. The smallest absolute Gasteiger partial charge is 0.260 e. The summed E-state index contributed by atoms with van der Waals surface area (Å²) in [7, 11) is 0. The number of benzene rings is 2. The minimum atomic E-state index is -0.123. The predicted octanol–water partition coefficient (Wildman–Crippen LogP) is 3.38. The fourth-order valence-corrected chi connectivity index (χ4v) is 3.20. The molecule has 1 fully saturated rings. The lowest BCUT2D eigenvalue weighted by Gasteiger charge is -2.35. The first-order valence-corrected chi connectivity index (χ1v) is 6.98. The zero-order valence-electron chi connectivity index (χ0n) is 11.0. The molecule has 2 aromatic carbocycles. The molecule has 0 bridgehead atoms. The second-order valence-electron chi connectivity index (χ2n) is 5.28. The molecular weight excluding hydrogens is 250 g/mol. The Bertz CT molecular complexity index is 653. The van der Waals surface area contributed by atoms with E-state index in [-0.39, 0.29) is 18.2 Å². The predicted molar refractivity (Wildman–Crippen MR) is 75.4 cm³/mol. The summed E-state index contributed by atoms with van der Waals surface area (Å²) in [5.74, 6) is 0.802. The molecule has 0 aliphatic carbocycles. The summed E-state index contributed by atoms with van der Waals surface area (Å²) in [6.45, 7) is 0. The summed E-state index contributed by atoms with van der Waals surface area (Å²) in [4.78, 5) is 14.6. The highest BCUT2D eigenvalue weighted by Gasteiger charge is 2.43. The van der Waals surface area contributed by atoms with Gasteiger partial charge < -0.3 is 4.74 Å². The lowest BCUT2D eigenvalue weighted by Crippen LogP contribution is -2.44. The number of rotatable bonds is 1. The molecule has 2 atom stereocenters. The second-order valence-corrected chi connectivity index (χ2v) is 5.28. The summed E-state index contributed by atoms with van der Waals surface area (Å²) < 4.78 is 5.98. The van der Waals surface area contributed by atoms with E-state index in [1.807, 2.05) is 47.4 Å². The van der Waals surface area contributed by atoms with E-state index in [0.717, 1.165) is 12.8 Å². The molecule has 1 amide bonds. The van der Waals surface area contributed by atoms with E-state index in [1.54, 1.807) is 0 Å². The Morgan fingerprint density at radius 3 is 2.55 bits per heavy atom. The lowest BCUT2D eigenvalue weighted by atomic mass is 10.0. The highest BCUT2D eigenvalue weighted by Crippen LogP contribution is 2.42. The van der Waals surface area contributed by atoms with E-state index in [4.69, 9.17) is 4.74 Å². The van der Waals surface area contributed by atoms with E-state index < -0.39 is 0 Å². The van der Waals surface area contributed by atoms with Gasteiger partial charge in [-0.15, -0.1) is 0 Å². The Kier molecular flexibility index (Phi) is 2.52. The van der Waals surface area contributed by atoms with Crippen molar-refractivity contribution < 1.29 is 9.53 Å².